The summed E-state index contributed by atoms with van der Waals surface area (Å²) < 4.78 is 4.65. The SMILES string of the molecule is c1ccc(-n2c3ccccc3c3ccccc32)cc1.c1ccc(-n2c3ccccc3c3ccccc32)cc1.c1ccc(N(c2ccccc2)c2ccc(-c3ccc(N(c4ccccc4)c4ccccc4)cc3)cc2)cc1. The Morgan fingerprint density at radius 2 is 0.368 bits per heavy atom. The summed E-state index contributed by atoms with van der Waals surface area (Å²) in [6.07, 6.45) is 0. The molecule has 0 unspecified atom stereocenters. The van der Waals surface area contributed by atoms with Crippen molar-refractivity contribution in [1.82, 2.24) is 9.13 Å². The van der Waals surface area contributed by atoms with E-state index in [0.29, 0.717) is 0 Å². The summed E-state index contributed by atoms with van der Waals surface area (Å²) in [6.45, 7) is 0. The van der Waals surface area contributed by atoms with Crippen molar-refractivity contribution in [3.63, 3.8) is 0 Å². The van der Waals surface area contributed by atoms with E-state index in [9.17, 15) is 0 Å². The second-order valence-electron chi connectivity index (χ2n) is 18.5. The van der Waals surface area contributed by atoms with Crippen LogP contribution in [0.2, 0.25) is 0 Å². The minimum absolute atomic E-state index is 1.13. The van der Waals surface area contributed by atoms with Gasteiger partial charge in [-0.15, -0.1) is 0 Å². The summed E-state index contributed by atoms with van der Waals surface area (Å²) in [5, 5.41) is 5.23. The van der Waals surface area contributed by atoms with Crippen molar-refractivity contribution in [1.29, 1.82) is 0 Å². The summed E-state index contributed by atoms with van der Waals surface area (Å²) in [4.78, 5) is 4.56. The molecule has 0 saturated carbocycles. The zero-order chi connectivity index (χ0) is 50.9. The van der Waals surface area contributed by atoms with Gasteiger partial charge in [-0.05, 0) is 132 Å². The van der Waals surface area contributed by atoms with Crippen molar-refractivity contribution < 1.29 is 0 Å². The molecule has 4 nitrogen and oxygen atoms in total. The molecular formula is C72H54N4. The van der Waals surface area contributed by atoms with Gasteiger partial charge >= 0.3 is 0 Å². The predicted molar refractivity (Wildman–Crippen MR) is 323 cm³/mol. The summed E-state index contributed by atoms with van der Waals surface area (Å²) in [7, 11) is 0. The summed E-state index contributed by atoms with van der Waals surface area (Å²) >= 11 is 0. The molecule has 0 aliphatic heterocycles. The van der Waals surface area contributed by atoms with Crippen LogP contribution >= 0.6 is 0 Å². The van der Waals surface area contributed by atoms with E-state index in [1.165, 1.54) is 66.1 Å². The zero-order valence-corrected chi connectivity index (χ0v) is 42.0. The zero-order valence-electron chi connectivity index (χ0n) is 42.0. The largest absolute Gasteiger partial charge is 0.311 e. The van der Waals surface area contributed by atoms with Crippen molar-refractivity contribution in [3.05, 3.63) is 328 Å². The standard InChI is InChI=1S/C36H28N2.2C18H13N/c1-5-13-31(14-6-1)37(32-15-7-2-8-16-32)35-25-21-29(22-26-35)30-23-27-36(28-24-30)38(33-17-9-3-10-18-33)34-19-11-4-12-20-34;2*1-2-8-14(9-3-1)19-17-12-6-4-10-15(17)16-11-5-7-13-18(16)19/h1-28H;2*1-13H. The van der Waals surface area contributed by atoms with Crippen molar-refractivity contribution in [2.24, 2.45) is 0 Å². The molecule has 4 heteroatoms. The van der Waals surface area contributed by atoms with Crippen molar-refractivity contribution in [2.75, 3.05) is 9.80 Å². The Bertz CT molecular complexity index is 3660. The van der Waals surface area contributed by atoms with Crippen LogP contribution in [0.3, 0.4) is 0 Å². The van der Waals surface area contributed by atoms with Crippen LogP contribution in [0, 0.1) is 0 Å². The van der Waals surface area contributed by atoms with Gasteiger partial charge in [-0.1, -0.05) is 206 Å². The number of nitrogens with zero attached hydrogens (tertiary/aromatic N) is 4. The summed E-state index contributed by atoms with van der Waals surface area (Å²) in [6, 6.07) is 115. The normalized spacial score (nSPS) is 10.9. The first kappa shape index (κ1) is 46.9. The van der Waals surface area contributed by atoms with Crippen molar-refractivity contribution in [3.8, 4) is 22.5 Å². The summed E-state index contributed by atoms with van der Waals surface area (Å²) in [5.74, 6) is 0. The molecule has 0 atom stereocenters. The Kier molecular flexibility index (Phi) is 13.5. The minimum atomic E-state index is 1.13. The fourth-order valence-electron chi connectivity index (χ4n) is 10.4. The maximum atomic E-state index is 2.32. The number of para-hydroxylation sites is 10. The fraction of sp³-hybridized carbons (Fsp3) is 0. The molecule has 0 spiro atoms. The van der Waals surface area contributed by atoms with Gasteiger partial charge < -0.3 is 18.9 Å². The molecule has 2 aromatic heterocycles. The lowest BCUT2D eigenvalue weighted by Gasteiger charge is -2.26. The van der Waals surface area contributed by atoms with E-state index in [1.807, 2.05) is 0 Å². The lowest BCUT2D eigenvalue weighted by atomic mass is 10.0. The molecule has 0 N–H and O–H groups in total. The number of hydrogen-bond donors (Lipinski definition) is 0. The predicted octanol–water partition coefficient (Wildman–Crippen LogP) is 19.9. The van der Waals surface area contributed by atoms with Gasteiger partial charge in [0, 0.05) is 67.0 Å². The molecule has 0 aliphatic carbocycles. The molecule has 362 valence electrons. The molecule has 2 heterocycles. The topological polar surface area (TPSA) is 16.3 Å². The van der Waals surface area contributed by atoms with Crippen molar-refractivity contribution in [2.45, 2.75) is 0 Å². The van der Waals surface area contributed by atoms with Crippen molar-refractivity contribution >= 4 is 77.7 Å². The molecule has 76 heavy (non-hydrogen) atoms. The molecule has 12 aromatic carbocycles. The highest BCUT2D eigenvalue weighted by molar-refractivity contribution is 6.10. The van der Waals surface area contributed by atoms with E-state index in [-0.39, 0.29) is 0 Å². The molecule has 0 aliphatic rings. The quantitative estimate of drug-likeness (QED) is 0.143. The molecular weight excluding hydrogens is 921 g/mol. The van der Waals surface area contributed by atoms with Gasteiger partial charge in [0.2, 0.25) is 0 Å². The van der Waals surface area contributed by atoms with Crippen LogP contribution in [0.5, 0.6) is 0 Å². The van der Waals surface area contributed by atoms with Crippen LogP contribution in [0.4, 0.5) is 34.1 Å². The first-order valence-electron chi connectivity index (χ1n) is 25.8. The average molecular weight is 975 g/mol. The van der Waals surface area contributed by atoms with Crippen LogP contribution < -0.4 is 9.80 Å². The van der Waals surface area contributed by atoms with Gasteiger partial charge in [-0.2, -0.15) is 0 Å². The van der Waals surface area contributed by atoms with Gasteiger partial charge in [-0.25, -0.2) is 0 Å². The Morgan fingerprint density at radius 3 is 0.618 bits per heavy atom. The maximum absolute atomic E-state index is 2.32. The van der Waals surface area contributed by atoms with E-state index in [4.69, 9.17) is 0 Å². The van der Waals surface area contributed by atoms with Crippen LogP contribution in [-0.2, 0) is 0 Å². The first-order chi connectivity index (χ1) is 37.8. The molecule has 14 rings (SSSR count). The molecule has 0 amide bonds. The van der Waals surface area contributed by atoms with Gasteiger partial charge in [-0.3, -0.25) is 0 Å². The van der Waals surface area contributed by atoms with Gasteiger partial charge in [0.05, 0.1) is 22.1 Å². The number of fused-ring (bicyclic) bond motifs is 6. The molecule has 0 radical (unpaired) electrons. The highest BCUT2D eigenvalue weighted by Gasteiger charge is 2.15. The fourth-order valence-corrected chi connectivity index (χ4v) is 10.4. The smallest absolute Gasteiger partial charge is 0.0541 e. The Hall–Kier alpha value is -10.2. The van der Waals surface area contributed by atoms with Gasteiger partial charge in [0.1, 0.15) is 0 Å². The average Bonchev–Trinajstić information content (AvgIpc) is 4.04. The van der Waals surface area contributed by atoms with E-state index in [2.05, 4.69) is 347 Å². The number of aromatic nitrogens is 2. The number of anilines is 6. The molecule has 14 aromatic rings. The third-order valence-corrected chi connectivity index (χ3v) is 13.8. The highest BCUT2D eigenvalue weighted by atomic mass is 15.1. The highest BCUT2D eigenvalue weighted by Crippen LogP contribution is 2.38. The van der Waals surface area contributed by atoms with E-state index in [0.717, 1.165) is 34.1 Å². The van der Waals surface area contributed by atoms with E-state index in [1.54, 1.807) is 0 Å². The van der Waals surface area contributed by atoms with Crippen LogP contribution in [0.1, 0.15) is 0 Å². The molecule has 0 fully saturated rings. The Labute approximate surface area is 444 Å². The molecule has 0 saturated heterocycles. The Morgan fingerprint density at radius 1 is 0.171 bits per heavy atom. The van der Waals surface area contributed by atoms with Crippen LogP contribution in [0.25, 0.3) is 66.1 Å². The van der Waals surface area contributed by atoms with Crippen LogP contribution in [0.15, 0.2) is 328 Å². The minimum Gasteiger partial charge on any atom is -0.311 e. The Balaban J connectivity index is 0.000000127. The maximum Gasteiger partial charge on any atom is 0.0541 e. The number of hydrogen-bond acceptors (Lipinski definition) is 2. The number of rotatable bonds is 9. The third-order valence-electron chi connectivity index (χ3n) is 13.8. The second-order valence-corrected chi connectivity index (χ2v) is 18.5. The lowest BCUT2D eigenvalue weighted by molar-refractivity contribution is 1.18. The lowest BCUT2D eigenvalue weighted by Crippen LogP contribution is -2.09. The first-order valence-corrected chi connectivity index (χ1v) is 25.8. The van der Waals surface area contributed by atoms with Crippen LogP contribution in [-0.4, -0.2) is 9.13 Å². The second kappa shape index (κ2) is 21.9. The monoisotopic (exact) mass is 974 g/mol. The van der Waals surface area contributed by atoms with E-state index >= 15 is 0 Å². The van der Waals surface area contributed by atoms with Gasteiger partial charge in [0.15, 0.2) is 0 Å². The summed E-state index contributed by atoms with van der Waals surface area (Å²) in [5.41, 5.74) is 16.6. The van der Waals surface area contributed by atoms with Gasteiger partial charge in [0.25, 0.3) is 0 Å². The van der Waals surface area contributed by atoms with E-state index < -0.39 is 0 Å². The third kappa shape index (κ3) is 9.62. The molecule has 0 bridgehead atoms. The number of benzene rings is 12.